The van der Waals surface area contributed by atoms with E-state index >= 15 is 0 Å². The topological polar surface area (TPSA) is 32.7 Å². The summed E-state index contributed by atoms with van der Waals surface area (Å²) >= 11 is 0. The third-order valence-corrected chi connectivity index (χ3v) is 5.71. The van der Waals surface area contributed by atoms with E-state index in [4.69, 9.17) is 0 Å². The number of nitrogens with zero attached hydrogens (tertiary/aromatic N) is 2. The Balaban J connectivity index is 1.47. The minimum Gasteiger partial charge on any atom is -0.318 e. The first-order valence-electron chi connectivity index (χ1n) is 10.1. The van der Waals surface area contributed by atoms with E-state index in [9.17, 15) is 4.79 Å². The number of hydrogen-bond acceptors (Lipinski definition) is 2. The second-order valence-corrected chi connectivity index (χ2v) is 7.56. The Kier molecular flexibility index (Phi) is 5.52. The molecule has 3 heteroatoms. The lowest BCUT2D eigenvalue weighted by molar-refractivity contribution is -0.125. The van der Waals surface area contributed by atoms with Gasteiger partial charge in [-0.05, 0) is 61.8 Å². The van der Waals surface area contributed by atoms with Crippen molar-refractivity contribution in [1.29, 1.82) is 0 Å². The molecule has 2 aromatic rings. The molecule has 0 atom stereocenters. The number of fused-ring (bicyclic) bond motifs is 1. The molecule has 2 aromatic carbocycles. The van der Waals surface area contributed by atoms with Gasteiger partial charge in [0, 0.05) is 6.20 Å². The fraction of sp³-hybridized carbons (Fsp3) is 0.280. The summed E-state index contributed by atoms with van der Waals surface area (Å²) in [6.45, 7) is 0. The zero-order chi connectivity index (χ0) is 19.2. The van der Waals surface area contributed by atoms with E-state index < -0.39 is 5.54 Å². The van der Waals surface area contributed by atoms with Gasteiger partial charge in [-0.15, -0.1) is 0 Å². The smallest absolute Gasteiger partial charge is 0.273 e. The van der Waals surface area contributed by atoms with Crippen LogP contribution >= 0.6 is 0 Å². The second kappa shape index (κ2) is 8.39. The third-order valence-electron chi connectivity index (χ3n) is 5.71. The highest BCUT2D eigenvalue weighted by Crippen LogP contribution is 2.36. The maximum absolute atomic E-state index is 13.1. The van der Waals surface area contributed by atoms with Crippen LogP contribution in [0.15, 0.2) is 90.1 Å². The minimum atomic E-state index is -0.542. The van der Waals surface area contributed by atoms with Gasteiger partial charge in [-0.2, -0.15) is 4.99 Å². The lowest BCUT2D eigenvalue weighted by atomic mass is 9.84. The van der Waals surface area contributed by atoms with Gasteiger partial charge in [0.1, 0.15) is 11.4 Å². The molecule has 0 spiro atoms. The van der Waals surface area contributed by atoms with Gasteiger partial charge in [-0.1, -0.05) is 66.7 Å². The number of carbonyl (C=O) groups excluding carboxylic acids is 1. The summed E-state index contributed by atoms with van der Waals surface area (Å²) in [5.74, 6) is 0.798. The maximum Gasteiger partial charge on any atom is 0.273 e. The van der Waals surface area contributed by atoms with Crippen LogP contribution in [0.25, 0.3) is 0 Å². The number of hydrogen-bond donors (Lipinski definition) is 0. The first-order valence-corrected chi connectivity index (χ1v) is 10.1. The van der Waals surface area contributed by atoms with Crippen molar-refractivity contribution in [2.24, 2.45) is 4.99 Å². The van der Waals surface area contributed by atoms with Crippen LogP contribution in [0.5, 0.6) is 0 Å². The van der Waals surface area contributed by atoms with Crippen LogP contribution in [0.3, 0.4) is 0 Å². The van der Waals surface area contributed by atoms with E-state index in [2.05, 4.69) is 58.4 Å². The summed E-state index contributed by atoms with van der Waals surface area (Å²) in [5.41, 5.74) is 2.10. The van der Waals surface area contributed by atoms with E-state index in [-0.39, 0.29) is 5.91 Å². The predicted octanol–water partition coefficient (Wildman–Crippen LogP) is 5.10. The Morgan fingerprint density at radius 3 is 1.93 bits per heavy atom. The van der Waals surface area contributed by atoms with Crippen molar-refractivity contribution in [1.82, 2.24) is 4.90 Å². The van der Waals surface area contributed by atoms with Crippen LogP contribution in [-0.2, 0) is 17.6 Å². The molecule has 142 valence electrons. The number of rotatable bonds is 8. The molecule has 0 bridgehead atoms. The van der Waals surface area contributed by atoms with Crippen molar-refractivity contribution in [2.75, 3.05) is 0 Å². The molecule has 4 rings (SSSR count). The summed E-state index contributed by atoms with van der Waals surface area (Å²) < 4.78 is 0. The van der Waals surface area contributed by atoms with Crippen molar-refractivity contribution in [2.45, 2.75) is 44.1 Å². The number of amides is 1. The Labute approximate surface area is 167 Å². The average Bonchev–Trinajstić information content (AvgIpc) is 3.01. The first kappa shape index (κ1) is 18.4. The van der Waals surface area contributed by atoms with Crippen LogP contribution in [-0.4, -0.2) is 22.2 Å². The predicted molar refractivity (Wildman–Crippen MR) is 114 cm³/mol. The van der Waals surface area contributed by atoms with Gasteiger partial charge in [0.15, 0.2) is 0 Å². The number of amidine groups is 1. The van der Waals surface area contributed by atoms with Crippen molar-refractivity contribution in [3.63, 3.8) is 0 Å². The van der Waals surface area contributed by atoms with Gasteiger partial charge >= 0.3 is 0 Å². The number of carbonyl (C=O) groups is 1. The molecular weight excluding hydrogens is 344 g/mol. The van der Waals surface area contributed by atoms with E-state index in [0.717, 1.165) is 44.4 Å². The average molecular weight is 370 g/mol. The van der Waals surface area contributed by atoms with Crippen LogP contribution in [0, 0.1) is 0 Å². The molecule has 0 saturated heterocycles. The van der Waals surface area contributed by atoms with E-state index in [1.54, 1.807) is 0 Å². The standard InChI is InChI=1S/C25H26N2O/c28-24-25(27-20-8-7-17-23(27)26-24,18-9-15-21-11-3-1-4-12-21)19-10-16-22-13-5-2-6-14-22/h1-8,11-14,17,20H,9-10,15-16,18-19H2. The molecule has 0 radical (unpaired) electrons. The Bertz CT molecular complexity index is 851. The van der Waals surface area contributed by atoms with Crippen molar-refractivity contribution >= 4 is 11.7 Å². The van der Waals surface area contributed by atoms with Crippen molar-refractivity contribution < 1.29 is 4.79 Å². The fourth-order valence-corrected chi connectivity index (χ4v) is 4.24. The van der Waals surface area contributed by atoms with Crippen LogP contribution < -0.4 is 0 Å². The summed E-state index contributed by atoms with van der Waals surface area (Å²) in [4.78, 5) is 19.5. The monoisotopic (exact) mass is 370 g/mol. The molecule has 0 N–H and O–H groups in total. The summed E-state index contributed by atoms with van der Waals surface area (Å²) in [7, 11) is 0. The van der Waals surface area contributed by atoms with Gasteiger partial charge in [0.25, 0.3) is 5.91 Å². The Morgan fingerprint density at radius 1 is 0.786 bits per heavy atom. The van der Waals surface area contributed by atoms with Crippen molar-refractivity contribution in [3.8, 4) is 0 Å². The third kappa shape index (κ3) is 3.84. The van der Waals surface area contributed by atoms with Gasteiger partial charge in [-0.25, -0.2) is 0 Å². The quantitative estimate of drug-likeness (QED) is 0.648. The molecule has 2 heterocycles. The van der Waals surface area contributed by atoms with Gasteiger partial charge in [0.05, 0.1) is 0 Å². The largest absolute Gasteiger partial charge is 0.318 e. The zero-order valence-electron chi connectivity index (χ0n) is 16.1. The molecule has 0 saturated carbocycles. The summed E-state index contributed by atoms with van der Waals surface area (Å²) in [5, 5.41) is 0. The molecule has 2 aliphatic rings. The highest BCUT2D eigenvalue weighted by atomic mass is 16.2. The Morgan fingerprint density at radius 2 is 1.36 bits per heavy atom. The number of allylic oxidation sites excluding steroid dienone is 2. The molecule has 0 fully saturated rings. The molecule has 2 aliphatic heterocycles. The van der Waals surface area contributed by atoms with Crippen LogP contribution in [0.4, 0.5) is 0 Å². The highest BCUT2D eigenvalue weighted by molar-refractivity contribution is 6.12. The minimum absolute atomic E-state index is 0.0137. The second-order valence-electron chi connectivity index (χ2n) is 7.56. The molecule has 1 amide bonds. The van der Waals surface area contributed by atoms with Crippen LogP contribution in [0.1, 0.15) is 36.8 Å². The van der Waals surface area contributed by atoms with Gasteiger partial charge < -0.3 is 4.90 Å². The molecule has 0 unspecified atom stereocenters. The number of aryl methyl sites for hydroxylation is 2. The number of benzene rings is 2. The molecule has 0 aliphatic carbocycles. The molecular formula is C25H26N2O. The van der Waals surface area contributed by atoms with Crippen molar-refractivity contribution in [3.05, 3.63) is 96.2 Å². The van der Waals surface area contributed by atoms with E-state index in [0.29, 0.717) is 0 Å². The van der Waals surface area contributed by atoms with E-state index in [1.165, 1.54) is 11.1 Å². The molecule has 0 aromatic heterocycles. The van der Waals surface area contributed by atoms with Gasteiger partial charge in [0.2, 0.25) is 0 Å². The maximum atomic E-state index is 13.1. The lowest BCUT2D eigenvalue weighted by Crippen LogP contribution is -2.49. The van der Waals surface area contributed by atoms with Gasteiger partial charge in [-0.3, -0.25) is 4.79 Å². The SMILES string of the molecule is O=C1N=C2C=CC=CN2C1(CCCc1ccccc1)CCCc1ccccc1. The number of aliphatic imine (C=N–C) groups is 1. The first-order chi connectivity index (χ1) is 13.8. The molecule has 28 heavy (non-hydrogen) atoms. The molecule has 3 nitrogen and oxygen atoms in total. The fourth-order valence-electron chi connectivity index (χ4n) is 4.24. The highest BCUT2D eigenvalue weighted by Gasteiger charge is 2.48. The lowest BCUT2D eigenvalue weighted by Gasteiger charge is -2.37. The summed E-state index contributed by atoms with van der Waals surface area (Å²) in [6, 6.07) is 21.0. The van der Waals surface area contributed by atoms with Crippen LogP contribution in [0.2, 0.25) is 0 Å². The normalized spacial score (nSPS) is 16.9. The van der Waals surface area contributed by atoms with E-state index in [1.807, 2.05) is 36.6 Å². The summed E-state index contributed by atoms with van der Waals surface area (Å²) in [6.07, 6.45) is 13.5. The zero-order valence-corrected chi connectivity index (χ0v) is 16.1. The Hall–Kier alpha value is -2.94.